The highest BCUT2D eigenvalue weighted by Gasteiger charge is 2.26. The summed E-state index contributed by atoms with van der Waals surface area (Å²) in [5, 5.41) is 0. The molecule has 4 aromatic rings. The zero-order valence-electron chi connectivity index (χ0n) is 15.0. The molecule has 0 saturated carbocycles. The third-order valence-corrected chi connectivity index (χ3v) is 5.09. The number of nitrogens with two attached hydrogens (primary N) is 1. The maximum atomic E-state index is 12.6. The molecule has 0 amide bonds. The van der Waals surface area contributed by atoms with E-state index in [4.69, 9.17) is 15.5 Å². The number of para-hydroxylation sites is 3. The van der Waals surface area contributed by atoms with Crippen LogP contribution in [0.15, 0.2) is 53.4 Å². The molecule has 0 spiro atoms. The van der Waals surface area contributed by atoms with Crippen molar-refractivity contribution in [2.75, 3.05) is 18.6 Å². The zero-order chi connectivity index (χ0) is 19.0. The summed E-state index contributed by atoms with van der Waals surface area (Å²) in [4.78, 5) is 23.1. The molecule has 7 heteroatoms. The van der Waals surface area contributed by atoms with E-state index in [2.05, 4.69) is 4.98 Å². The van der Waals surface area contributed by atoms with Gasteiger partial charge in [-0.1, -0.05) is 24.3 Å². The normalized spacial score (nSPS) is 11.2. The van der Waals surface area contributed by atoms with Crippen molar-refractivity contribution >= 4 is 45.7 Å². The van der Waals surface area contributed by atoms with Crippen LogP contribution in [0.2, 0.25) is 0 Å². The van der Waals surface area contributed by atoms with Gasteiger partial charge in [-0.25, -0.2) is 14.8 Å². The number of rotatable bonds is 4. The molecule has 2 N–H and O–H groups in total. The molecule has 0 fully saturated rings. The van der Waals surface area contributed by atoms with Crippen molar-refractivity contribution in [3.05, 3.63) is 54.1 Å². The van der Waals surface area contributed by atoms with Gasteiger partial charge in [0.05, 0.1) is 23.3 Å². The summed E-state index contributed by atoms with van der Waals surface area (Å²) in [6, 6.07) is 15.4. The van der Waals surface area contributed by atoms with Crippen LogP contribution in [0.4, 0.5) is 5.82 Å². The Hall–Kier alpha value is -3.06. The van der Waals surface area contributed by atoms with Crippen LogP contribution >= 0.6 is 11.8 Å². The first kappa shape index (κ1) is 17.4. The number of ether oxygens (including phenoxy) is 1. The van der Waals surface area contributed by atoms with Crippen molar-refractivity contribution in [2.45, 2.75) is 11.8 Å². The summed E-state index contributed by atoms with van der Waals surface area (Å²) < 4.78 is 7.01. The van der Waals surface area contributed by atoms with E-state index in [1.807, 2.05) is 54.8 Å². The van der Waals surface area contributed by atoms with Crippen LogP contribution in [0.5, 0.6) is 0 Å². The van der Waals surface area contributed by atoms with Gasteiger partial charge in [-0.2, -0.15) is 0 Å². The summed E-state index contributed by atoms with van der Waals surface area (Å²) in [5.41, 5.74) is 9.96. The van der Waals surface area contributed by atoms with Gasteiger partial charge in [-0.05, 0) is 37.4 Å². The third-order valence-electron chi connectivity index (χ3n) is 4.30. The van der Waals surface area contributed by atoms with E-state index in [1.54, 1.807) is 23.3 Å². The van der Waals surface area contributed by atoms with Gasteiger partial charge in [-0.3, -0.25) is 4.57 Å². The molecule has 0 bridgehead atoms. The van der Waals surface area contributed by atoms with Gasteiger partial charge in [0.25, 0.3) is 0 Å². The minimum Gasteiger partial charge on any atom is -0.462 e. The van der Waals surface area contributed by atoms with Gasteiger partial charge >= 0.3 is 5.97 Å². The fourth-order valence-electron chi connectivity index (χ4n) is 3.12. The lowest BCUT2D eigenvalue weighted by Crippen LogP contribution is -2.09. The lowest BCUT2D eigenvalue weighted by Gasteiger charge is -2.11. The number of benzene rings is 2. The number of fused-ring (bicyclic) bond motifs is 2. The van der Waals surface area contributed by atoms with E-state index < -0.39 is 5.97 Å². The smallest absolute Gasteiger partial charge is 0.344 e. The van der Waals surface area contributed by atoms with Crippen LogP contribution in [0.1, 0.15) is 17.3 Å². The van der Waals surface area contributed by atoms with Crippen molar-refractivity contribution in [1.82, 2.24) is 14.5 Å². The van der Waals surface area contributed by atoms with Crippen LogP contribution in [0, 0.1) is 0 Å². The van der Waals surface area contributed by atoms with Crippen molar-refractivity contribution in [2.24, 2.45) is 0 Å². The van der Waals surface area contributed by atoms with E-state index in [1.165, 1.54) is 0 Å². The zero-order valence-corrected chi connectivity index (χ0v) is 15.8. The fraction of sp³-hybridized carbons (Fsp3) is 0.150. The standard InChI is InChI=1S/C20H18N4O2S/c1-3-26-20(25)16-17-19(23-13-9-5-4-8-12(13)22-17)24(18(16)21)14-10-6-7-11-15(14)27-2/h4-11H,3,21H2,1-2H3. The Morgan fingerprint density at radius 1 is 1.11 bits per heavy atom. The lowest BCUT2D eigenvalue weighted by atomic mass is 10.2. The molecule has 2 aromatic carbocycles. The minimum atomic E-state index is -0.495. The number of nitrogens with zero attached hydrogens (tertiary/aromatic N) is 3. The molecule has 2 heterocycles. The summed E-state index contributed by atoms with van der Waals surface area (Å²) >= 11 is 1.60. The number of thioether (sulfide) groups is 1. The molecule has 0 aliphatic rings. The minimum absolute atomic E-state index is 0.251. The molecule has 0 aliphatic heterocycles. The number of carbonyl (C=O) groups is 1. The number of hydrogen-bond acceptors (Lipinski definition) is 6. The number of aromatic nitrogens is 3. The van der Waals surface area contributed by atoms with Crippen molar-refractivity contribution in [1.29, 1.82) is 0 Å². The Morgan fingerprint density at radius 3 is 2.48 bits per heavy atom. The van der Waals surface area contributed by atoms with Gasteiger partial charge < -0.3 is 10.5 Å². The molecule has 6 nitrogen and oxygen atoms in total. The Balaban J connectivity index is 2.13. The van der Waals surface area contributed by atoms with Crippen LogP contribution in [-0.4, -0.2) is 33.4 Å². The summed E-state index contributed by atoms with van der Waals surface area (Å²) in [7, 11) is 0. The highest BCUT2D eigenvalue weighted by atomic mass is 32.2. The third kappa shape index (κ3) is 2.80. The average molecular weight is 378 g/mol. The highest BCUT2D eigenvalue weighted by Crippen LogP contribution is 2.34. The maximum absolute atomic E-state index is 12.6. The largest absolute Gasteiger partial charge is 0.462 e. The van der Waals surface area contributed by atoms with Gasteiger partial charge in [0.2, 0.25) is 0 Å². The van der Waals surface area contributed by atoms with E-state index in [9.17, 15) is 4.79 Å². The lowest BCUT2D eigenvalue weighted by molar-refractivity contribution is 0.0529. The first-order chi connectivity index (χ1) is 13.2. The Bertz CT molecular complexity index is 1170. The second-order valence-electron chi connectivity index (χ2n) is 5.87. The number of anilines is 1. The predicted molar refractivity (Wildman–Crippen MR) is 109 cm³/mol. The fourth-order valence-corrected chi connectivity index (χ4v) is 3.71. The topological polar surface area (TPSA) is 83.0 Å². The molecular weight excluding hydrogens is 360 g/mol. The second kappa shape index (κ2) is 6.92. The summed E-state index contributed by atoms with van der Waals surface area (Å²) in [6.07, 6.45) is 1.99. The maximum Gasteiger partial charge on any atom is 0.344 e. The molecule has 136 valence electrons. The van der Waals surface area contributed by atoms with Gasteiger partial charge in [0.1, 0.15) is 16.9 Å². The average Bonchev–Trinajstić information content (AvgIpc) is 2.97. The molecule has 27 heavy (non-hydrogen) atoms. The monoisotopic (exact) mass is 378 g/mol. The molecule has 0 saturated heterocycles. The van der Waals surface area contributed by atoms with Crippen LogP contribution < -0.4 is 5.73 Å². The van der Waals surface area contributed by atoms with E-state index >= 15 is 0 Å². The molecule has 0 aliphatic carbocycles. The summed E-state index contributed by atoms with van der Waals surface area (Å²) in [5.74, 6) is -0.217. The van der Waals surface area contributed by atoms with E-state index in [0.717, 1.165) is 16.1 Å². The van der Waals surface area contributed by atoms with Crippen molar-refractivity contribution in [3.63, 3.8) is 0 Å². The number of hydrogen-bond donors (Lipinski definition) is 1. The molecule has 0 unspecified atom stereocenters. The second-order valence-corrected chi connectivity index (χ2v) is 6.72. The van der Waals surface area contributed by atoms with Crippen molar-refractivity contribution < 1.29 is 9.53 Å². The highest BCUT2D eigenvalue weighted by molar-refractivity contribution is 7.98. The van der Waals surface area contributed by atoms with E-state index in [0.29, 0.717) is 16.7 Å². The first-order valence-corrected chi connectivity index (χ1v) is 9.75. The van der Waals surface area contributed by atoms with Gasteiger partial charge in [0.15, 0.2) is 5.65 Å². The number of nitrogen functional groups attached to an aromatic ring is 1. The quantitative estimate of drug-likeness (QED) is 0.426. The Kier molecular flexibility index (Phi) is 4.45. The first-order valence-electron chi connectivity index (χ1n) is 8.53. The SMILES string of the molecule is CCOC(=O)c1c(N)n(-c2ccccc2SC)c2nc3ccccc3nc12. The Morgan fingerprint density at radius 2 is 1.78 bits per heavy atom. The predicted octanol–water partition coefficient (Wildman–Crippen LogP) is 4.05. The molecule has 0 radical (unpaired) electrons. The molecular formula is C20H18N4O2S. The molecule has 4 rings (SSSR count). The van der Waals surface area contributed by atoms with Gasteiger partial charge in [0, 0.05) is 4.90 Å². The number of carbonyl (C=O) groups excluding carboxylic acids is 1. The van der Waals surface area contributed by atoms with Gasteiger partial charge in [-0.15, -0.1) is 11.8 Å². The number of esters is 1. The van der Waals surface area contributed by atoms with Crippen LogP contribution in [0.25, 0.3) is 27.9 Å². The van der Waals surface area contributed by atoms with Crippen LogP contribution in [0.3, 0.4) is 0 Å². The Labute approximate surface area is 160 Å². The molecule has 2 aromatic heterocycles. The van der Waals surface area contributed by atoms with E-state index in [-0.39, 0.29) is 18.0 Å². The van der Waals surface area contributed by atoms with Crippen LogP contribution in [-0.2, 0) is 4.74 Å². The van der Waals surface area contributed by atoms with Crippen molar-refractivity contribution in [3.8, 4) is 5.69 Å². The summed E-state index contributed by atoms with van der Waals surface area (Å²) in [6.45, 7) is 2.02. The molecule has 0 atom stereocenters.